The SMILES string of the molecule is NCC(CC(=O)N1CCCC1)N(Cc1cccs1)C1CC1. The first kappa shape index (κ1) is 15.0. The van der Waals surface area contributed by atoms with Crippen LogP contribution in [0.3, 0.4) is 0 Å². The molecular weight excluding hydrogens is 282 g/mol. The highest BCUT2D eigenvalue weighted by atomic mass is 32.1. The molecule has 5 heteroatoms. The topological polar surface area (TPSA) is 49.6 Å². The predicted octanol–water partition coefficient (Wildman–Crippen LogP) is 2.05. The first-order chi connectivity index (χ1) is 10.3. The molecule has 4 nitrogen and oxygen atoms in total. The second-order valence-electron chi connectivity index (χ2n) is 6.16. The van der Waals surface area contributed by atoms with Gasteiger partial charge in [-0.1, -0.05) is 6.07 Å². The monoisotopic (exact) mass is 307 g/mol. The Morgan fingerprint density at radius 2 is 2.19 bits per heavy atom. The van der Waals surface area contributed by atoms with Gasteiger partial charge in [0.1, 0.15) is 0 Å². The van der Waals surface area contributed by atoms with E-state index in [9.17, 15) is 4.79 Å². The summed E-state index contributed by atoms with van der Waals surface area (Å²) in [4.78, 5) is 18.3. The molecule has 1 saturated carbocycles. The van der Waals surface area contributed by atoms with Crippen LogP contribution in [0.2, 0.25) is 0 Å². The highest BCUT2D eigenvalue weighted by Gasteiger charge is 2.35. The molecule has 116 valence electrons. The van der Waals surface area contributed by atoms with Crippen molar-refractivity contribution >= 4 is 17.2 Å². The molecule has 1 aromatic heterocycles. The van der Waals surface area contributed by atoms with E-state index in [1.165, 1.54) is 17.7 Å². The number of nitrogens with zero attached hydrogens (tertiary/aromatic N) is 2. The molecule has 1 aliphatic heterocycles. The molecule has 2 aliphatic rings. The quantitative estimate of drug-likeness (QED) is 0.839. The van der Waals surface area contributed by atoms with Crippen LogP contribution in [0.25, 0.3) is 0 Å². The summed E-state index contributed by atoms with van der Waals surface area (Å²) < 4.78 is 0. The minimum absolute atomic E-state index is 0.188. The third kappa shape index (κ3) is 3.84. The number of likely N-dealkylation sites (tertiary alicyclic amines) is 1. The van der Waals surface area contributed by atoms with Crippen molar-refractivity contribution in [3.63, 3.8) is 0 Å². The number of nitrogens with two attached hydrogens (primary N) is 1. The van der Waals surface area contributed by atoms with Gasteiger partial charge >= 0.3 is 0 Å². The highest BCUT2D eigenvalue weighted by Crippen LogP contribution is 2.32. The van der Waals surface area contributed by atoms with Gasteiger partial charge in [0.2, 0.25) is 5.91 Å². The average molecular weight is 307 g/mol. The minimum atomic E-state index is 0.188. The molecule has 1 unspecified atom stereocenters. The van der Waals surface area contributed by atoms with E-state index in [1.807, 2.05) is 4.90 Å². The van der Waals surface area contributed by atoms with Gasteiger partial charge in [-0.25, -0.2) is 0 Å². The lowest BCUT2D eigenvalue weighted by atomic mass is 10.1. The van der Waals surface area contributed by atoms with Gasteiger partial charge in [0.15, 0.2) is 0 Å². The molecule has 0 aromatic carbocycles. The van der Waals surface area contributed by atoms with Gasteiger partial charge in [-0.05, 0) is 37.1 Å². The van der Waals surface area contributed by atoms with Crippen molar-refractivity contribution in [2.75, 3.05) is 19.6 Å². The zero-order chi connectivity index (χ0) is 14.7. The molecule has 1 saturated heterocycles. The van der Waals surface area contributed by atoms with Crippen molar-refractivity contribution in [3.8, 4) is 0 Å². The van der Waals surface area contributed by atoms with E-state index in [0.717, 1.165) is 32.5 Å². The maximum Gasteiger partial charge on any atom is 0.224 e. The van der Waals surface area contributed by atoms with Crippen LogP contribution in [0.15, 0.2) is 17.5 Å². The Hall–Kier alpha value is -0.910. The van der Waals surface area contributed by atoms with Crippen molar-refractivity contribution in [2.45, 2.75) is 50.7 Å². The van der Waals surface area contributed by atoms with Gasteiger partial charge in [-0.3, -0.25) is 9.69 Å². The van der Waals surface area contributed by atoms with Gasteiger partial charge in [0.05, 0.1) is 0 Å². The van der Waals surface area contributed by atoms with Crippen LogP contribution < -0.4 is 5.73 Å². The fourth-order valence-electron chi connectivity index (χ4n) is 3.18. The van der Waals surface area contributed by atoms with Crippen LogP contribution in [0.1, 0.15) is 37.0 Å². The lowest BCUT2D eigenvalue weighted by molar-refractivity contribution is -0.131. The normalized spacial score (nSPS) is 20.2. The van der Waals surface area contributed by atoms with E-state index in [1.54, 1.807) is 11.3 Å². The molecule has 0 radical (unpaired) electrons. The van der Waals surface area contributed by atoms with Crippen molar-refractivity contribution in [1.82, 2.24) is 9.80 Å². The maximum atomic E-state index is 12.4. The molecule has 1 aromatic rings. The zero-order valence-corrected chi connectivity index (χ0v) is 13.4. The molecular formula is C16H25N3OS. The average Bonchev–Trinajstić information content (AvgIpc) is 2.98. The van der Waals surface area contributed by atoms with Gasteiger partial charge in [-0.15, -0.1) is 11.3 Å². The third-order valence-electron chi connectivity index (χ3n) is 4.54. The first-order valence-corrected chi connectivity index (χ1v) is 8.92. The van der Waals surface area contributed by atoms with Crippen LogP contribution in [0, 0.1) is 0 Å². The number of hydrogen-bond acceptors (Lipinski definition) is 4. The number of carbonyl (C=O) groups excluding carboxylic acids is 1. The second-order valence-corrected chi connectivity index (χ2v) is 7.20. The van der Waals surface area contributed by atoms with E-state index < -0.39 is 0 Å². The van der Waals surface area contributed by atoms with Crippen LogP contribution in [0.4, 0.5) is 0 Å². The Labute approximate surface area is 130 Å². The Balaban J connectivity index is 1.62. The lowest BCUT2D eigenvalue weighted by Crippen LogP contribution is -2.45. The summed E-state index contributed by atoms with van der Waals surface area (Å²) in [6.45, 7) is 3.38. The van der Waals surface area contributed by atoms with E-state index in [2.05, 4.69) is 22.4 Å². The van der Waals surface area contributed by atoms with E-state index in [-0.39, 0.29) is 6.04 Å². The van der Waals surface area contributed by atoms with Crippen molar-refractivity contribution < 1.29 is 4.79 Å². The largest absolute Gasteiger partial charge is 0.343 e. The van der Waals surface area contributed by atoms with Crippen LogP contribution in [-0.2, 0) is 11.3 Å². The number of carbonyl (C=O) groups is 1. The highest BCUT2D eigenvalue weighted by molar-refractivity contribution is 7.09. The van der Waals surface area contributed by atoms with Gasteiger partial charge in [-0.2, -0.15) is 0 Å². The zero-order valence-electron chi connectivity index (χ0n) is 12.5. The van der Waals surface area contributed by atoms with Crippen molar-refractivity contribution in [2.24, 2.45) is 5.73 Å². The molecule has 2 fully saturated rings. The standard InChI is InChI=1S/C16H25N3OS/c17-11-14(10-16(20)18-7-1-2-8-18)19(13-5-6-13)12-15-4-3-9-21-15/h3-4,9,13-14H,1-2,5-8,10-12,17H2. The van der Waals surface area contributed by atoms with E-state index in [0.29, 0.717) is 24.9 Å². The van der Waals surface area contributed by atoms with E-state index >= 15 is 0 Å². The number of amides is 1. The van der Waals surface area contributed by atoms with Crippen molar-refractivity contribution in [1.29, 1.82) is 0 Å². The lowest BCUT2D eigenvalue weighted by Gasteiger charge is -2.31. The summed E-state index contributed by atoms with van der Waals surface area (Å²) in [7, 11) is 0. The molecule has 1 aliphatic carbocycles. The maximum absolute atomic E-state index is 12.4. The fraction of sp³-hybridized carbons (Fsp3) is 0.688. The van der Waals surface area contributed by atoms with Crippen LogP contribution >= 0.6 is 11.3 Å². The van der Waals surface area contributed by atoms with Gasteiger partial charge in [0, 0.05) is 49.6 Å². The Morgan fingerprint density at radius 3 is 2.76 bits per heavy atom. The number of thiophene rings is 1. The Kier molecular flexibility index (Phi) is 4.93. The minimum Gasteiger partial charge on any atom is -0.343 e. The van der Waals surface area contributed by atoms with Gasteiger partial charge < -0.3 is 10.6 Å². The summed E-state index contributed by atoms with van der Waals surface area (Å²) in [5.41, 5.74) is 6.01. The van der Waals surface area contributed by atoms with Crippen LogP contribution in [-0.4, -0.2) is 47.4 Å². The van der Waals surface area contributed by atoms with Crippen LogP contribution in [0.5, 0.6) is 0 Å². The first-order valence-electron chi connectivity index (χ1n) is 8.04. The molecule has 2 N–H and O–H groups in total. The second kappa shape index (κ2) is 6.90. The molecule has 2 heterocycles. The summed E-state index contributed by atoms with van der Waals surface area (Å²) in [6.07, 6.45) is 5.39. The summed E-state index contributed by atoms with van der Waals surface area (Å²) >= 11 is 1.79. The molecule has 21 heavy (non-hydrogen) atoms. The third-order valence-corrected chi connectivity index (χ3v) is 5.41. The molecule has 0 spiro atoms. The van der Waals surface area contributed by atoms with Crippen molar-refractivity contribution in [3.05, 3.63) is 22.4 Å². The Bertz CT molecular complexity index is 452. The predicted molar refractivity (Wildman–Crippen MR) is 86.2 cm³/mol. The Morgan fingerprint density at radius 1 is 1.43 bits per heavy atom. The molecule has 1 amide bonds. The van der Waals surface area contributed by atoms with E-state index in [4.69, 9.17) is 5.73 Å². The molecule has 3 rings (SSSR count). The molecule has 0 bridgehead atoms. The fourth-order valence-corrected chi connectivity index (χ4v) is 3.89. The van der Waals surface area contributed by atoms with Gasteiger partial charge in [0.25, 0.3) is 0 Å². The molecule has 1 atom stereocenters. The smallest absolute Gasteiger partial charge is 0.224 e. The summed E-state index contributed by atoms with van der Waals surface area (Å²) in [5.74, 6) is 0.291. The summed E-state index contributed by atoms with van der Waals surface area (Å²) in [6, 6.07) is 5.09. The summed E-state index contributed by atoms with van der Waals surface area (Å²) in [5, 5.41) is 2.12. The number of hydrogen-bond donors (Lipinski definition) is 1. The number of rotatable bonds is 7.